The van der Waals surface area contributed by atoms with E-state index < -0.39 is 12.0 Å². The molecule has 1 aliphatic carbocycles. The minimum absolute atomic E-state index is 0.214. The van der Waals surface area contributed by atoms with Crippen LogP contribution in [-0.4, -0.2) is 41.1 Å². The summed E-state index contributed by atoms with van der Waals surface area (Å²) in [5.74, 6) is -0.124. The summed E-state index contributed by atoms with van der Waals surface area (Å²) in [7, 11) is 0. The number of carbonyl (C=O) groups excluding carboxylic acids is 1. The van der Waals surface area contributed by atoms with Gasteiger partial charge in [0.15, 0.2) is 0 Å². The maximum Gasteiger partial charge on any atom is 0.326 e. The van der Waals surface area contributed by atoms with Crippen LogP contribution in [0.2, 0.25) is 0 Å². The van der Waals surface area contributed by atoms with Gasteiger partial charge in [0.05, 0.1) is 0 Å². The van der Waals surface area contributed by atoms with Crippen LogP contribution in [0.25, 0.3) is 0 Å². The van der Waals surface area contributed by atoms with Gasteiger partial charge in [-0.2, -0.15) is 0 Å². The van der Waals surface area contributed by atoms with Gasteiger partial charge in [0.2, 0.25) is 0 Å². The molecular weight excluding hydrogens is 220 g/mol. The second-order valence-corrected chi connectivity index (χ2v) is 5.01. The second kappa shape index (κ2) is 5.38. The summed E-state index contributed by atoms with van der Waals surface area (Å²) in [5.41, 5.74) is 0. The van der Waals surface area contributed by atoms with Gasteiger partial charge in [-0.15, -0.1) is 0 Å². The molecule has 1 saturated heterocycles. The van der Waals surface area contributed by atoms with Crippen LogP contribution in [0.1, 0.15) is 38.5 Å². The van der Waals surface area contributed by atoms with E-state index in [1.165, 1.54) is 24.2 Å². The highest BCUT2D eigenvalue weighted by atomic mass is 16.4. The molecule has 0 spiro atoms. The lowest BCUT2D eigenvalue weighted by Gasteiger charge is -2.26. The average molecular weight is 240 g/mol. The molecule has 2 amide bonds. The molecule has 1 aliphatic heterocycles. The third kappa shape index (κ3) is 2.90. The van der Waals surface area contributed by atoms with Crippen molar-refractivity contribution in [1.82, 2.24) is 10.2 Å². The molecule has 1 atom stereocenters. The van der Waals surface area contributed by atoms with E-state index in [-0.39, 0.29) is 6.03 Å². The monoisotopic (exact) mass is 240 g/mol. The number of aliphatic carboxylic acids is 1. The van der Waals surface area contributed by atoms with Crippen LogP contribution in [0.3, 0.4) is 0 Å². The molecule has 2 aliphatic rings. The highest BCUT2D eigenvalue weighted by molar-refractivity contribution is 5.83. The quantitative estimate of drug-likeness (QED) is 0.781. The van der Waals surface area contributed by atoms with Gasteiger partial charge < -0.3 is 15.3 Å². The van der Waals surface area contributed by atoms with Crippen molar-refractivity contribution in [2.75, 3.05) is 13.1 Å². The zero-order valence-electron chi connectivity index (χ0n) is 10.0. The van der Waals surface area contributed by atoms with Crippen LogP contribution in [-0.2, 0) is 4.79 Å². The molecule has 0 aromatic rings. The van der Waals surface area contributed by atoms with Crippen LogP contribution in [0.5, 0.6) is 0 Å². The molecule has 2 fully saturated rings. The SMILES string of the molecule is O=C(O)C1CCCN1C(=O)NCCC1CCC1. The minimum Gasteiger partial charge on any atom is -0.480 e. The molecule has 2 rings (SSSR count). The van der Waals surface area contributed by atoms with Crippen molar-refractivity contribution in [3.63, 3.8) is 0 Å². The number of rotatable bonds is 4. The number of carboxylic acids is 1. The van der Waals surface area contributed by atoms with Crippen molar-refractivity contribution in [2.45, 2.75) is 44.6 Å². The van der Waals surface area contributed by atoms with E-state index in [0.717, 1.165) is 18.8 Å². The molecule has 0 bridgehead atoms. The Balaban J connectivity index is 1.72. The summed E-state index contributed by atoms with van der Waals surface area (Å²) in [6.07, 6.45) is 6.25. The van der Waals surface area contributed by atoms with Crippen molar-refractivity contribution >= 4 is 12.0 Å². The zero-order valence-corrected chi connectivity index (χ0v) is 10.0. The molecule has 17 heavy (non-hydrogen) atoms. The summed E-state index contributed by atoms with van der Waals surface area (Å²) in [6, 6.07) is -0.840. The number of carbonyl (C=O) groups is 2. The first-order valence-electron chi connectivity index (χ1n) is 6.46. The third-order valence-electron chi connectivity index (χ3n) is 3.85. The minimum atomic E-state index is -0.892. The Kier molecular flexibility index (Phi) is 3.86. The van der Waals surface area contributed by atoms with Crippen LogP contribution in [0, 0.1) is 5.92 Å². The number of nitrogens with one attached hydrogen (secondary N) is 1. The Morgan fingerprint density at radius 1 is 1.24 bits per heavy atom. The summed E-state index contributed by atoms with van der Waals surface area (Å²) in [5, 5.41) is 11.8. The zero-order chi connectivity index (χ0) is 12.3. The van der Waals surface area contributed by atoms with Crippen molar-refractivity contribution in [3.05, 3.63) is 0 Å². The number of amides is 2. The standard InChI is InChI=1S/C12H20N2O3/c15-11(16)10-5-2-8-14(10)12(17)13-7-6-9-3-1-4-9/h9-10H,1-8H2,(H,13,17)(H,15,16). The molecule has 0 radical (unpaired) electrons. The number of hydrogen-bond donors (Lipinski definition) is 2. The van der Waals surface area contributed by atoms with Crippen LogP contribution in [0.4, 0.5) is 4.79 Å². The maximum absolute atomic E-state index is 11.8. The van der Waals surface area contributed by atoms with E-state index in [1.54, 1.807) is 0 Å². The first kappa shape index (κ1) is 12.2. The fourth-order valence-electron chi connectivity index (χ4n) is 2.53. The molecular formula is C12H20N2O3. The maximum atomic E-state index is 11.8. The summed E-state index contributed by atoms with van der Waals surface area (Å²) >= 11 is 0. The average Bonchev–Trinajstić information content (AvgIpc) is 2.70. The Bertz CT molecular complexity index is 302. The molecule has 5 nitrogen and oxygen atoms in total. The Labute approximate surface area is 101 Å². The molecule has 0 aromatic heterocycles. The summed E-state index contributed by atoms with van der Waals surface area (Å²) in [4.78, 5) is 24.2. The van der Waals surface area contributed by atoms with Gasteiger partial charge >= 0.3 is 12.0 Å². The van der Waals surface area contributed by atoms with Crippen molar-refractivity contribution < 1.29 is 14.7 Å². The van der Waals surface area contributed by atoms with Gasteiger partial charge in [0.25, 0.3) is 0 Å². The molecule has 5 heteroatoms. The number of likely N-dealkylation sites (tertiary alicyclic amines) is 1. The second-order valence-electron chi connectivity index (χ2n) is 5.01. The number of nitrogens with zero attached hydrogens (tertiary/aromatic N) is 1. The highest BCUT2D eigenvalue weighted by Crippen LogP contribution is 2.28. The van der Waals surface area contributed by atoms with E-state index in [2.05, 4.69) is 5.32 Å². The Morgan fingerprint density at radius 2 is 2.00 bits per heavy atom. The number of carboxylic acid groups (broad SMARTS) is 1. The third-order valence-corrected chi connectivity index (χ3v) is 3.85. The van der Waals surface area contributed by atoms with Gasteiger partial charge in [-0.05, 0) is 25.2 Å². The predicted molar refractivity (Wildman–Crippen MR) is 62.7 cm³/mol. The van der Waals surface area contributed by atoms with E-state index in [9.17, 15) is 9.59 Å². The predicted octanol–water partition coefficient (Wildman–Crippen LogP) is 1.44. The van der Waals surface area contributed by atoms with Crippen LogP contribution >= 0.6 is 0 Å². The van der Waals surface area contributed by atoms with Gasteiger partial charge in [0.1, 0.15) is 6.04 Å². The molecule has 1 saturated carbocycles. The highest BCUT2D eigenvalue weighted by Gasteiger charge is 2.33. The Hall–Kier alpha value is -1.26. The van der Waals surface area contributed by atoms with Crippen molar-refractivity contribution in [2.24, 2.45) is 5.92 Å². The first-order valence-corrected chi connectivity index (χ1v) is 6.46. The van der Waals surface area contributed by atoms with Gasteiger partial charge in [-0.3, -0.25) is 0 Å². The Morgan fingerprint density at radius 3 is 2.59 bits per heavy atom. The first-order chi connectivity index (χ1) is 8.18. The smallest absolute Gasteiger partial charge is 0.326 e. The topological polar surface area (TPSA) is 69.6 Å². The summed E-state index contributed by atoms with van der Waals surface area (Å²) in [6.45, 7) is 1.23. The van der Waals surface area contributed by atoms with Crippen LogP contribution < -0.4 is 5.32 Å². The molecule has 0 aromatic carbocycles. The molecule has 1 heterocycles. The number of urea groups is 1. The normalized spacial score (nSPS) is 24.5. The van der Waals surface area contributed by atoms with Crippen LogP contribution in [0.15, 0.2) is 0 Å². The van der Waals surface area contributed by atoms with E-state index >= 15 is 0 Å². The van der Waals surface area contributed by atoms with Crippen molar-refractivity contribution in [1.29, 1.82) is 0 Å². The molecule has 1 unspecified atom stereocenters. The fraction of sp³-hybridized carbons (Fsp3) is 0.833. The molecule has 96 valence electrons. The number of hydrogen-bond acceptors (Lipinski definition) is 2. The lowest BCUT2D eigenvalue weighted by atomic mass is 9.83. The van der Waals surface area contributed by atoms with E-state index in [4.69, 9.17) is 5.11 Å². The van der Waals surface area contributed by atoms with E-state index in [1.807, 2.05) is 0 Å². The lowest BCUT2D eigenvalue weighted by Crippen LogP contribution is -2.46. The van der Waals surface area contributed by atoms with Gasteiger partial charge in [-0.25, -0.2) is 9.59 Å². The molecule has 2 N–H and O–H groups in total. The van der Waals surface area contributed by atoms with E-state index in [0.29, 0.717) is 19.5 Å². The fourth-order valence-corrected chi connectivity index (χ4v) is 2.53. The van der Waals surface area contributed by atoms with Gasteiger partial charge in [0, 0.05) is 13.1 Å². The van der Waals surface area contributed by atoms with Gasteiger partial charge in [-0.1, -0.05) is 19.3 Å². The van der Waals surface area contributed by atoms with Crippen molar-refractivity contribution in [3.8, 4) is 0 Å². The summed E-state index contributed by atoms with van der Waals surface area (Å²) < 4.78 is 0. The largest absolute Gasteiger partial charge is 0.480 e. The lowest BCUT2D eigenvalue weighted by molar-refractivity contribution is -0.141.